The number of aliphatic hydroxyl groups is 1. The maximum absolute atomic E-state index is 12.1. The van der Waals surface area contributed by atoms with Gasteiger partial charge in [0.1, 0.15) is 11.9 Å². The lowest BCUT2D eigenvalue weighted by Crippen LogP contribution is -2.19. The molecule has 3 nitrogen and oxygen atoms in total. The van der Waals surface area contributed by atoms with E-state index < -0.39 is 12.0 Å². The predicted molar refractivity (Wildman–Crippen MR) is 63.6 cm³/mol. The fourth-order valence-electron chi connectivity index (χ4n) is 1.71. The molecule has 1 N–H and O–H groups in total. The predicted octanol–water partition coefficient (Wildman–Crippen LogP) is 2.83. The van der Waals surface area contributed by atoms with Crippen LogP contribution >= 0.6 is 0 Å². The zero-order valence-electron chi connectivity index (χ0n) is 9.54. The van der Waals surface area contributed by atoms with E-state index in [0.717, 1.165) is 0 Å². The maximum Gasteiger partial charge on any atom is 0.168 e. The van der Waals surface area contributed by atoms with E-state index in [1.807, 2.05) is 6.07 Å². The Morgan fingerprint density at radius 1 is 1.18 bits per heavy atom. The molecule has 0 spiro atoms. The van der Waals surface area contributed by atoms with Crippen molar-refractivity contribution >= 4 is 5.78 Å². The van der Waals surface area contributed by atoms with Crippen molar-refractivity contribution < 1.29 is 14.3 Å². The molecule has 1 aromatic carbocycles. The summed E-state index contributed by atoms with van der Waals surface area (Å²) in [6.07, 6.45) is 0.579. The number of rotatable bonds is 4. The molecule has 1 heterocycles. The molecule has 2 rings (SSSR count). The van der Waals surface area contributed by atoms with Gasteiger partial charge in [-0.2, -0.15) is 0 Å². The number of benzene rings is 1. The molecule has 0 amide bonds. The van der Waals surface area contributed by atoms with Crippen molar-refractivity contribution in [3.63, 3.8) is 0 Å². The maximum atomic E-state index is 12.1. The zero-order valence-corrected chi connectivity index (χ0v) is 9.54. The lowest BCUT2D eigenvalue weighted by molar-refractivity contribution is 0.0644. The topological polar surface area (TPSA) is 50.4 Å². The first-order chi connectivity index (χ1) is 8.20. The standard InChI is InChI=1S/C14H14O3/c1-10(14(16)12-8-5-9-17-12)13(15)11-6-3-2-4-7-11/h2-10,14,16H,1H3/t10-,14+/m1/s1. The molecule has 2 atom stereocenters. The van der Waals surface area contributed by atoms with E-state index in [9.17, 15) is 9.90 Å². The molecular weight excluding hydrogens is 216 g/mol. The molecule has 0 unspecified atom stereocenters. The largest absolute Gasteiger partial charge is 0.467 e. The van der Waals surface area contributed by atoms with E-state index in [4.69, 9.17) is 4.42 Å². The highest BCUT2D eigenvalue weighted by Gasteiger charge is 2.26. The van der Waals surface area contributed by atoms with Crippen LogP contribution < -0.4 is 0 Å². The first-order valence-corrected chi connectivity index (χ1v) is 5.51. The third-order valence-corrected chi connectivity index (χ3v) is 2.78. The Bertz CT molecular complexity index is 473. The fourth-order valence-corrected chi connectivity index (χ4v) is 1.71. The van der Waals surface area contributed by atoms with Crippen LogP contribution in [0, 0.1) is 5.92 Å². The Balaban J connectivity index is 2.16. The van der Waals surface area contributed by atoms with Gasteiger partial charge in [-0.1, -0.05) is 37.3 Å². The van der Waals surface area contributed by atoms with Gasteiger partial charge in [0.2, 0.25) is 0 Å². The molecule has 88 valence electrons. The molecular formula is C14H14O3. The van der Waals surface area contributed by atoms with Crippen molar-refractivity contribution in [3.05, 3.63) is 60.1 Å². The van der Waals surface area contributed by atoms with Crippen LogP contribution in [0.25, 0.3) is 0 Å². The smallest absolute Gasteiger partial charge is 0.168 e. The number of hydrogen-bond donors (Lipinski definition) is 1. The summed E-state index contributed by atoms with van der Waals surface area (Å²) in [5.74, 6) is -0.195. The van der Waals surface area contributed by atoms with Gasteiger partial charge in [-0.25, -0.2) is 0 Å². The van der Waals surface area contributed by atoms with E-state index in [1.165, 1.54) is 6.26 Å². The zero-order chi connectivity index (χ0) is 12.3. The SMILES string of the molecule is C[C@H](C(=O)c1ccccc1)[C@H](O)c1ccco1. The summed E-state index contributed by atoms with van der Waals surface area (Å²) in [7, 11) is 0. The first kappa shape index (κ1) is 11.6. The highest BCUT2D eigenvalue weighted by Crippen LogP contribution is 2.25. The summed E-state index contributed by atoms with van der Waals surface area (Å²) in [5, 5.41) is 10.00. The lowest BCUT2D eigenvalue weighted by Gasteiger charge is -2.15. The molecule has 17 heavy (non-hydrogen) atoms. The third kappa shape index (κ3) is 2.45. The minimum absolute atomic E-state index is 0.0884. The second-order valence-corrected chi connectivity index (χ2v) is 3.98. The molecule has 3 heteroatoms. The van der Waals surface area contributed by atoms with E-state index in [0.29, 0.717) is 11.3 Å². The lowest BCUT2D eigenvalue weighted by atomic mass is 9.93. The average Bonchev–Trinajstić information content (AvgIpc) is 2.91. The molecule has 0 saturated heterocycles. The van der Waals surface area contributed by atoms with Gasteiger partial charge in [-0.15, -0.1) is 0 Å². The minimum atomic E-state index is -0.905. The number of carbonyl (C=O) groups is 1. The molecule has 0 aliphatic carbocycles. The second kappa shape index (κ2) is 4.97. The van der Waals surface area contributed by atoms with E-state index in [1.54, 1.807) is 43.3 Å². The molecule has 2 aromatic rings. The van der Waals surface area contributed by atoms with Crippen LogP contribution in [-0.4, -0.2) is 10.9 Å². The monoisotopic (exact) mass is 230 g/mol. The summed E-state index contributed by atoms with van der Waals surface area (Å²) in [4.78, 5) is 12.1. The Morgan fingerprint density at radius 2 is 1.88 bits per heavy atom. The molecule has 0 bridgehead atoms. The molecule has 0 radical (unpaired) electrons. The van der Waals surface area contributed by atoms with Crippen LogP contribution in [0.5, 0.6) is 0 Å². The van der Waals surface area contributed by atoms with Crippen molar-refractivity contribution in [2.24, 2.45) is 5.92 Å². The average molecular weight is 230 g/mol. The van der Waals surface area contributed by atoms with Crippen LogP contribution in [0.1, 0.15) is 29.1 Å². The number of carbonyl (C=O) groups excluding carboxylic acids is 1. The van der Waals surface area contributed by atoms with Gasteiger partial charge in [0.15, 0.2) is 5.78 Å². The van der Waals surface area contributed by atoms with Crippen molar-refractivity contribution in [1.29, 1.82) is 0 Å². The Labute approximate surface area is 99.7 Å². The normalized spacial score (nSPS) is 14.2. The Kier molecular flexibility index (Phi) is 3.40. The number of Topliss-reactive ketones (excluding diaryl/α,β-unsaturated/α-hetero) is 1. The van der Waals surface area contributed by atoms with Crippen molar-refractivity contribution in [2.75, 3.05) is 0 Å². The molecule has 0 fully saturated rings. The van der Waals surface area contributed by atoms with Gasteiger partial charge in [0.25, 0.3) is 0 Å². The van der Waals surface area contributed by atoms with Gasteiger partial charge in [-0.3, -0.25) is 4.79 Å². The first-order valence-electron chi connectivity index (χ1n) is 5.51. The Morgan fingerprint density at radius 3 is 2.47 bits per heavy atom. The number of hydrogen-bond acceptors (Lipinski definition) is 3. The number of aliphatic hydroxyl groups excluding tert-OH is 1. The van der Waals surface area contributed by atoms with Crippen LogP contribution in [0.4, 0.5) is 0 Å². The third-order valence-electron chi connectivity index (χ3n) is 2.78. The highest BCUT2D eigenvalue weighted by molar-refractivity contribution is 5.97. The molecule has 0 aliphatic rings. The molecule has 0 saturated carbocycles. The summed E-state index contributed by atoms with van der Waals surface area (Å²) < 4.78 is 5.10. The van der Waals surface area contributed by atoms with Gasteiger partial charge in [0, 0.05) is 5.56 Å². The summed E-state index contributed by atoms with van der Waals surface area (Å²) in [5.41, 5.74) is 0.602. The summed E-state index contributed by atoms with van der Waals surface area (Å²) in [6, 6.07) is 12.3. The van der Waals surface area contributed by atoms with Gasteiger partial charge >= 0.3 is 0 Å². The van der Waals surface area contributed by atoms with Crippen LogP contribution in [-0.2, 0) is 0 Å². The van der Waals surface area contributed by atoms with Crippen molar-refractivity contribution in [3.8, 4) is 0 Å². The van der Waals surface area contributed by atoms with Crippen molar-refractivity contribution in [1.82, 2.24) is 0 Å². The van der Waals surface area contributed by atoms with Crippen molar-refractivity contribution in [2.45, 2.75) is 13.0 Å². The molecule has 0 aliphatic heterocycles. The Hall–Kier alpha value is -1.87. The summed E-state index contributed by atoms with van der Waals surface area (Å²) >= 11 is 0. The highest BCUT2D eigenvalue weighted by atomic mass is 16.4. The van der Waals surface area contributed by atoms with Gasteiger partial charge in [-0.05, 0) is 12.1 Å². The summed E-state index contributed by atoms with van der Waals surface area (Å²) in [6.45, 7) is 1.70. The fraction of sp³-hybridized carbons (Fsp3) is 0.214. The molecule has 1 aromatic heterocycles. The van der Waals surface area contributed by atoms with E-state index in [2.05, 4.69) is 0 Å². The quantitative estimate of drug-likeness (QED) is 0.821. The van der Waals surface area contributed by atoms with Crippen LogP contribution in [0.15, 0.2) is 53.1 Å². The van der Waals surface area contributed by atoms with Crippen LogP contribution in [0.3, 0.4) is 0 Å². The van der Waals surface area contributed by atoms with Gasteiger partial charge in [0.05, 0.1) is 12.2 Å². The van der Waals surface area contributed by atoms with Gasteiger partial charge < -0.3 is 9.52 Å². The van der Waals surface area contributed by atoms with Crippen LogP contribution in [0.2, 0.25) is 0 Å². The number of furan rings is 1. The minimum Gasteiger partial charge on any atom is -0.467 e. The van der Waals surface area contributed by atoms with E-state index in [-0.39, 0.29) is 5.78 Å². The van der Waals surface area contributed by atoms with E-state index >= 15 is 0 Å². The number of ketones is 1. The second-order valence-electron chi connectivity index (χ2n) is 3.98.